The lowest BCUT2D eigenvalue weighted by atomic mass is 9.86. The molecule has 0 aliphatic carbocycles. The van der Waals surface area contributed by atoms with Crippen molar-refractivity contribution >= 4 is 55.2 Å². The fourth-order valence-electron chi connectivity index (χ4n) is 5.31. The third kappa shape index (κ3) is 7.08. The van der Waals surface area contributed by atoms with Gasteiger partial charge in [-0.15, -0.1) is 0 Å². The number of hydrogen-bond acceptors (Lipinski definition) is 9. The van der Waals surface area contributed by atoms with Crippen LogP contribution in [0.3, 0.4) is 0 Å². The van der Waals surface area contributed by atoms with Crippen molar-refractivity contribution in [2.24, 2.45) is 0 Å². The number of nitrogens with zero attached hydrogens (tertiary/aromatic N) is 3. The van der Waals surface area contributed by atoms with Crippen LogP contribution in [0.15, 0.2) is 73.1 Å². The zero-order valence-electron chi connectivity index (χ0n) is 26.0. The Hall–Kier alpha value is -4.52. The molecule has 11 nitrogen and oxygen atoms in total. The van der Waals surface area contributed by atoms with E-state index in [0.29, 0.717) is 31.7 Å². The Kier molecular flexibility index (Phi) is 9.10. The van der Waals surface area contributed by atoms with Crippen molar-refractivity contribution in [1.82, 2.24) is 9.99 Å². The molecule has 1 aliphatic rings. The molecule has 45 heavy (non-hydrogen) atoms. The van der Waals surface area contributed by atoms with E-state index in [2.05, 4.69) is 25.0 Å². The SMILES string of the molecule is COc1c(NC(=O)C(=O)c2ccc(N(c3ccncc3)N3CCOCC3)c3ccccc23)cc(C(C)(C)C)cc1NS(C)(=O)=O. The van der Waals surface area contributed by atoms with E-state index in [1.807, 2.05) is 63.2 Å². The average Bonchev–Trinajstić information content (AvgIpc) is 3.00. The van der Waals surface area contributed by atoms with Gasteiger partial charge in [-0.05, 0) is 52.8 Å². The first-order chi connectivity index (χ1) is 21.4. The number of ketones is 1. The number of hydrazine groups is 1. The van der Waals surface area contributed by atoms with Crippen LogP contribution in [0.5, 0.6) is 5.75 Å². The van der Waals surface area contributed by atoms with Crippen LogP contribution in [-0.4, -0.2) is 69.8 Å². The second-order valence-electron chi connectivity index (χ2n) is 11.8. The van der Waals surface area contributed by atoms with Gasteiger partial charge in [-0.1, -0.05) is 45.0 Å². The molecule has 3 aromatic carbocycles. The molecule has 0 radical (unpaired) electrons. The molecular formula is C33H37N5O6S. The molecule has 0 saturated carbocycles. The maximum Gasteiger partial charge on any atom is 0.296 e. The van der Waals surface area contributed by atoms with Crippen molar-refractivity contribution in [3.63, 3.8) is 0 Å². The molecule has 12 heteroatoms. The summed E-state index contributed by atoms with van der Waals surface area (Å²) in [5.74, 6) is -1.55. The summed E-state index contributed by atoms with van der Waals surface area (Å²) < 4.78 is 37.8. The molecule has 0 unspecified atom stereocenters. The molecule has 4 aromatic rings. The summed E-state index contributed by atoms with van der Waals surface area (Å²) in [4.78, 5) is 31.5. The molecule has 5 rings (SSSR count). The van der Waals surface area contributed by atoms with Gasteiger partial charge >= 0.3 is 0 Å². The standard InChI is InChI=1S/C33H37N5O6S/c1-33(2,3)22-20-27(31(43-4)28(21-22)36-45(5,41)42)35-32(40)30(39)26-10-11-29(25-9-7-6-8-24(25)26)38(23-12-14-34-15-13-23)37-16-18-44-19-17-37/h6-15,20-21,36H,16-19H2,1-5H3,(H,35,40). The second kappa shape index (κ2) is 12.8. The zero-order chi connectivity index (χ0) is 32.4. The summed E-state index contributed by atoms with van der Waals surface area (Å²) in [6.45, 7) is 8.37. The number of ether oxygens (including phenoxy) is 2. The number of anilines is 4. The molecule has 1 aromatic heterocycles. The van der Waals surface area contributed by atoms with Crippen LogP contribution in [0.4, 0.5) is 22.7 Å². The van der Waals surface area contributed by atoms with Crippen molar-refractivity contribution in [2.45, 2.75) is 26.2 Å². The summed E-state index contributed by atoms with van der Waals surface area (Å²) >= 11 is 0. The molecule has 0 bridgehead atoms. The molecule has 1 saturated heterocycles. The largest absolute Gasteiger partial charge is 0.492 e. The van der Waals surface area contributed by atoms with Gasteiger partial charge in [-0.25, -0.2) is 13.4 Å². The summed E-state index contributed by atoms with van der Waals surface area (Å²) in [6, 6.07) is 18.1. The molecule has 1 amide bonds. The number of aromatic nitrogens is 1. The Bertz CT molecular complexity index is 1830. The number of methoxy groups -OCH3 is 1. The molecule has 236 valence electrons. The summed E-state index contributed by atoms with van der Waals surface area (Å²) in [5.41, 5.74) is 2.62. The number of pyridine rings is 1. The minimum Gasteiger partial charge on any atom is -0.492 e. The minimum atomic E-state index is -3.67. The normalized spacial score (nSPS) is 14.2. The molecule has 2 heterocycles. The quantitative estimate of drug-likeness (QED) is 0.191. The van der Waals surface area contributed by atoms with E-state index in [4.69, 9.17) is 9.47 Å². The first-order valence-corrected chi connectivity index (χ1v) is 16.4. The minimum absolute atomic E-state index is 0.0910. The lowest BCUT2D eigenvalue weighted by Gasteiger charge is -2.39. The monoisotopic (exact) mass is 631 g/mol. The number of amides is 1. The van der Waals surface area contributed by atoms with Crippen LogP contribution in [0, 0.1) is 0 Å². The molecule has 0 atom stereocenters. The number of rotatable bonds is 9. The van der Waals surface area contributed by atoms with Crippen LogP contribution in [-0.2, 0) is 25.0 Å². The van der Waals surface area contributed by atoms with Crippen molar-refractivity contribution < 1.29 is 27.5 Å². The van der Waals surface area contributed by atoms with Crippen LogP contribution >= 0.6 is 0 Å². The lowest BCUT2D eigenvalue weighted by molar-refractivity contribution is -0.112. The molecular weight excluding hydrogens is 594 g/mol. The Balaban J connectivity index is 1.55. The Labute approximate surface area is 263 Å². The molecule has 1 aliphatic heterocycles. The number of hydrogen-bond donors (Lipinski definition) is 2. The highest BCUT2D eigenvalue weighted by Crippen LogP contribution is 2.40. The van der Waals surface area contributed by atoms with E-state index in [9.17, 15) is 18.0 Å². The van der Waals surface area contributed by atoms with Crippen molar-refractivity contribution in [3.05, 3.63) is 84.2 Å². The van der Waals surface area contributed by atoms with Crippen LogP contribution in [0.25, 0.3) is 10.8 Å². The maximum absolute atomic E-state index is 13.8. The van der Waals surface area contributed by atoms with Gasteiger partial charge in [0.1, 0.15) is 0 Å². The number of fused-ring (bicyclic) bond motifs is 1. The van der Waals surface area contributed by atoms with E-state index < -0.39 is 27.1 Å². The van der Waals surface area contributed by atoms with Gasteiger partial charge in [0.2, 0.25) is 10.0 Å². The van der Waals surface area contributed by atoms with E-state index in [1.165, 1.54) is 7.11 Å². The van der Waals surface area contributed by atoms with Crippen LogP contribution in [0.2, 0.25) is 0 Å². The van der Waals surface area contributed by atoms with Gasteiger partial charge in [0.25, 0.3) is 11.7 Å². The van der Waals surface area contributed by atoms with Gasteiger partial charge in [-0.2, -0.15) is 0 Å². The predicted octanol–water partition coefficient (Wildman–Crippen LogP) is 5.12. The highest BCUT2D eigenvalue weighted by atomic mass is 32.2. The Morgan fingerprint density at radius 3 is 2.22 bits per heavy atom. The van der Waals surface area contributed by atoms with Gasteiger partial charge in [0.15, 0.2) is 5.75 Å². The van der Waals surface area contributed by atoms with Crippen molar-refractivity contribution in [3.8, 4) is 5.75 Å². The van der Waals surface area contributed by atoms with E-state index in [-0.39, 0.29) is 22.7 Å². The fraction of sp³-hybridized carbons (Fsp3) is 0.303. The van der Waals surface area contributed by atoms with Gasteiger partial charge < -0.3 is 14.8 Å². The third-order valence-corrected chi connectivity index (χ3v) is 8.05. The number of carbonyl (C=O) groups is 2. The highest BCUT2D eigenvalue weighted by Gasteiger charge is 2.27. The van der Waals surface area contributed by atoms with Crippen molar-refractivity contribution in [2.75, 3.05) is 54.7 Å². The van der Waals surface area contributed by atoms with Gasteiger partial charge in [-0.3, -0.25) is 24.3 Å². The number of Topliss-reactive ketones (excluding diaryl/α,β-unsaturated/α-hetero) is 1. The number of morpholine rings is 1. The van der Waals surface area contributed by atoms with E-state index in [0.717, 1.165) is 28.6 Å². The van der Waals surface area contributed by atoms with Crippen LogP contribution < -0.4 is 19.8 Å². The molecule has 2 N–H and O–H groups in total. The first-order valence-electron chi connectivity index (χ1n) is 14.5. The molecule has 1 fully saturated rings. The number of nitrogens with one attached hydrogen (secondary N) is 2. The predicted molar refractivity (Wildman–Crippen MR) is 176 cm³/mol. The van der Waals surface area contributed by atoms with Gasteiger partial charge in [0.05, 0.1) is 49.3 Å². The third-order valence-electron chi connectivity index (χ3n) is 7.46. The smallest absolute Gasteiger partial charge is 0.296 e. The fourth-order valence-corrected chi connectivity index (χ4v) is 5.86. The van der Waals surface area contributed by atoms with Crippen molar-refractivity contribution in [1.29, 1.82) is 0 Å². The van der Waals surface area contributed by atoms with E-state index >= 15 is 0 Å². The van der Waals surface area contributed by atoms with Gasteiger partial charge in [0, 0.05) is 36.4 Å². The summed E-state index contributed by atoms with van der Waals surface area (Å²) in [7, 11) is -2.30. The zero-order valence-corrected chi connectivity index (χ0v) is 26.8. The maximum atomic E-state index is 13.8. The Morgan fingerprint density at radius 2 is 1.60 bits per heavy atom. The average molecular weight is 632 g/mol. The molecule has 0 spiro atoms. The lowest BCUT2D eigenvalue weighted by Crippen LogP contribution is -2.46. The summed E-state index contributed by atoms with van der Waals surface area (Å²) in [5, 5.41) is 8.37. The first kappa shape index (κ1) is 31.9. The number of benzene rings is 3. The second-order valence-corrected chi connectivity index (χ2v) is 13.5. The Morgan fingerprint density at radius 1 is 0.956 bits per heavy atom. The van der Waals surface area contributed by atoms with Crippen LogP contribution in [0.1, 0.15) is 36.7 Å². The van der Waals surface area contributed by atoms with E-state index in [1.54, 1.807) is 30.6 Å². The number of sulfonamides is 1. The highest BCUT2D eigenvalue weighted by molar-refractivity contribution is 7.92. The summed E-state index contributed by atoms with van der Waals surface area (Å²) in [6.07, 6.45) is 4.49. The topological polar surface area (TPSA) is 130 Å². The number of carbonyl (C=O) groups excluding carboxylic acids is 2.